The van der Waals surface area contributed by atoms with Crippen LogP contribution in [0.1, 0.15) is 13.8 Å². The molecule has 2 rings (SSSR count). The van der Waals surface area contributed by atoms with Crippen molar-refractivity contribution in [1.82, 2.24) is 0 Å². The number of halogens is 2. The highest BCUT2D eigenvalue weighted by atomic mass is 19.2. The molecule has 0 aliphatic carbocycles. The molecule has 0 saturated heterocycles. The third-order valence-corrected chi connectivity index (χ3v) is 3.55. The summed E-state index contributed by atoms with van der Waals surface area (Å²) in [6.45, 7) is 9.73. The van der Waals surface area contributed by atoms with E-state index in [-0.39, 0.29) is 16.7 Å². The maximum absolute atomic E-state index is 14.4. The maximum Gasteiger partial charge on any atom is 0.338 e. The predicted octanol–water partition coefficient (Wildman–Crippen LogP) is 5.08. The standard InChI is InChI=1S/C22H18F2O5/c1-13(2)21(25)28-12-11-27-16-7-5-15(6-8-16)17-9-10-18(20(24)19(17)23)29-22(26)14(3)4/h5-12H,1,3H2,2,4H3. The van der Waals surface area contributed by atoms with Crippen molar-refractivity contribution < 1.29 is 32.6 Å². The van der Waals surface area contributed by atoms with Crippen molar-refractivity contribution >= 4 is 11.9 Å². The second-order valence-electron chi connectivity index (χ2n) is 6.01. The van der Waals surface area contributed by atoms with Crippen LogP contribution in [0.3, 0.4) is 0 Å². The summed E-state index contributed by atoms with van der Waals surface area (Å²) < 4.78 is 43.3. The molecule has 0 heterocycles. The number of benzene rings is 2. The topological polar surface area (TPSA) is 61.8 Å². The van der Waals surface area contributed by atoms with Gasteiger partial charge in [0.2, 0.25) is 5.82 Å². The number of carbonyl (C=O) groups is 2. The molecule has 0 unspecified atom stereocenters. The SMILES string of the molecule is C=C(C)C(=O)OC=COc1ccc(-c2ccc(OC(=O)C(=C)C)c(F)c2F)cc1. The Morgan fingerprint density at radius 3 is 2.07 bits per heavy atom. The molecular weight excluding hydrogens is 382 g/mol. The first-order chi connectivity index (χ1) is 13.7. The fourth-order valence-corrected chi connectivity index (χ4v) is 2.03. The summed E-state index contributed by atoms with van der Waals surface area (Å²) >= 11 is 0. The summed E-state index contributed by atoms with van der Waals surface area (Å²) in [6.07, 6.45) is 2.21. The minimum absolute atomic E-state index is 0.0184. The molecule has 0 spiro atoms. The molecule has 0 N–H and O–H groups in total. The lowest BCUT2D eigenvalue weighted by atomic mass is 10.0. The number of hydrogen-bond donors (Lipinski definition) is 0. The fraction of sp³-hybridized carbons (Fsp3) is 0.0909. The number of esters is 2. The zero-order valence-corrected chi connectivity index (χ0v) is 15.8. The van der Waals surface area contributed by atoms with Crippen molar-refractivity contribution in [3.63, 3.8) is 0 Å². The molecule has 0 atom stereocenters. The largest absolute Gasteiger partial charge is 0.462 e. The molecule has 150 valence electrons. The molecular formula is C22H18F2O5. The van der Waals surface area contributed by atoms with E-state index in [0.717, 1.165) is 18.6 Å². The van der Waals surface area contributed by atoms with Gasteiger partial charge in [-0.15, -0.1) is 0 Å². The lowest BCUT2D eigenvalue weighted by Gasteiger charge is -2.10. The van der Waals surface area contributed by atoms with Gasteiger partial charge in [0.15, 0.2) is 11.6 Å². The van der Waals surface area contributed by atoms with Crippen LogP contribution in [0.4, 0.5) is 8.78 Å². The van der Waals surface area contributed by atoms with Gasteiger partial charge in [-0.2, -0.15) is 4.39 Å². The number of carbonyl (C=O) groups excluding carboxylic acids is 2. The zero-order valence-electron chi connectivity index (χ0n) is 15.8. The van der Waals surface area contributed by atoms with Gasteiger partial charge in [0.05, 0.1) is 0 Å². The summed E-state index contributed by atoms with van der Waals surface area (Å²) in [7, 11) is 0. The Labute approximate surface area is 166 Å². The molecule has 0 fully saturated rings. The third kappa shape index (κ3) is 5.62. The van der Waals surface area contributed by atoms with Gasteiger partial charge in [-0.3, -0.25) is 0 Å². The Hall–Kier alpha value is -3.74. The molecule has 29 heavy (non-hydrogen) atoms. The van der Waals surface area contributed by atoms with Crippen molar-refractivity contribution in [2.24, 2.45) is 0 Å². The third-order valence-electron chi connectivity index (χ3n) is 3.55. The van der Waals surface area contributed by atoms with Gasteiger partial charge in [0.25, 0.3) is 0 Å². The van der Waals surface area contributed by atoms with E-state index in [4.69, 9.17) is 14.2 Å². The van der Waals surface area contributed by atoms with Crippen molar-refractivity contribution in [2.45, 2.75) is 13.8 Å². The van der Waals surface area contributed by atoms with E-state index < -0.39 is 29.3 Å². The van der Waals surface area contributed by atoms with Gasteiger partial charge in [-0.05, 0) is 43.7 Å². The van der Waals surface area contributed by atoms with Crippen LogP contribution in [0.2, 0.25) is 0 Å². The number of hydrogen-bond acceptors (Lipinski definition) is 5. The molecule has 7 heteroatoms. The minimum atomic E-state index is -1.28. The molecule has 0 aliphatic heterocycles. The quantitative estimate of drug-likeness (QED) is 0.281. The van der Waals surface area contributed by atoms with Crippen LogP contribution >= 0.6 is 0 Å². The van der Waals surface area contributed by atoms with E-state index in [2.05, 4.69) is 13.2 Å². The summed E-state index contributed by atoms with van der Waals surface area (Å²) in [4.78, 5) is 22.7. The summed E-state index contributed by atoms with van der Waals surface area (Å²) in [5, 5.41) is 0. The molecule has 0 aliphatic rings. The average molecular weight is 400 g/mol. The van der Waals surface area contributed by atoms with E-state index in [9.17, 15) is 18.4 Å². The van der Waals surface area contributed by atoms with E-state index in [1.807, 2.05) is 0 Å². The second-order valence-corrected chi connectivity index (χ2v) is 6.01. The zero-order chi connectivity index (χ0) is 21.6. The lowest BCUT2D eigenvalue weighted by Crippen LogP contribution is -2.10. The van der Waals surface area contributed by atoms with Crippen molar-refractivity contribution in [3.8, 4) is 22.6 Å². The Morgan fingerprint density at radius 2 is 1.48 bits per heavy atom. The first-order valence-electron chi connectivity index (χ1n) is 8.35. The smallest absolute Gasteiger partial charge is 0.338 e. The minimum Gasteiger partial charge on any atom is -0.462 e. The lowest BCUT2D eigenvalue weighted by molar-refractivity contribution is -0.133. The Kier molecular flexibility index (Phi) is 7.03. The van der Waals surface area contributed by atoms with Gasteiger partial charge in [-0.25, -0.2) is 14.0 Å². The van der Waals surface area contributed by atoms with Gasteiger partial charge >= 0.3 is 11.9 Å². The molecule has 0 amide bonds. The number of ether oxygens (including phenoxy) is 3. The average Bonchev–Trinajstić information content (AvgIpc) is 2.69. The van der Waals surface area contributed by atoms with Crippen LogP contribution < -0.4 is 9.47 Å². The van der Waals surface area contributed by atoms with Gasteiger partial charge in [0.1, 0.15) is 18.3 Å². The summed E-state index contributed by atoms with van der Waals surface area (Å²) in [6, 6.07) is 8.53. The highest BCUT2D eigenvalue weighted by Crippen LogP contribution is 2.31. The first kappa shape index (κ1) is 21.6. The second kappa shape index (κ2) is 9.45. The molecule has 2 aromatic carbocycles. The van der Waals surface area contributed by atoms with Gasteiger partial charge in [0, 0.05) is 16.7 Å². The highest BCUT2D eigenvalue weighted by Gasteiger charge is 2.18. The van der Waals surface area contributed by atoms with Crippen LogP contribution in [0, 0.1) is 11.6 Å². The Morgan fingerprint density at radius 1 is 0.862 bits per heavy atom. The van der Waals surface area contributed by atoms with Crippen LogP contribution in [0.15, 0.2) is 73.2 Å². The molecule has 0 saturated carbocycles. The maximum atomic E-state index is 14.4. The van der Waals surface area contributed by atoms with Gasteiger partial charge in [-0.1, -0.05) is 25.3 Å². The van der Waals surface area contributed by atoms with Crippen LogP contribution in [-0.2, 0) is 14.3 Å². The van der Waals surface area contributed by atoms with Gasteiger partial charge < -0.3 is 14.2 Å². The molecule has 0 aromatic heterocycles. The normalized spacial score (nSPS) is 10.5. The summed E-state index contributed by atoms with van der Waals surface area (Å²) in [5.41, 5.74) is 0.668. The Bertz CT molecular complexity index is 991. The monoisotopic (exact) mass is 400 g/mol. The van der Waals surface area contributed by atoms with Crippen molar-refractivity contribution in [1.29, 1.82) is 0 Å². The Balaban J connectivity index is 2.11. The van der Waals surface area contributed by atoms with Crippen molar-refractivity contribution in [3.05, 3.63) is 84.9 Å². The van der Waals surface area contributed by atoms with E-state index in [1.165, 1.54) is 44.2 Å². The number of rotatable bonds is 7. The summed E-state index contributed by atoms with van der Waals surface area (Å²) in [5.74, 6) is -4.01. The van der Waals surface area contributed by atoms with E-state index >= 15 is 0 Å². The van der Waals surface area contributed by atoms with Crippen LogP contribution in [0.25, 0.3) is 11.1 Å². The highest BCUT2D eigenvalue weighted by molar-refractivity contribution is 5.89. The molecule has 0 radical (unpaired) electrons. The van der Waals surface area contributed by atoms with Crippen molar-refractivity contribution in [2.75, 3.05) is 0 Å². The molecule has 2 aromatic rings. The molecule has 0 bridgehead atoms. The predicted molar refractivity (Wildman–Crippen MR) is 103 cm³/mol. The first-order valence-corrected chi connectivity index (χ1v) is 8.35. The molecule has 5 nitrogen and oxygen atoms in total. The van der Waals surface area contributed by atoms with E-state index in [0.29, 0.717) is 11.3 Å². The fourth-order valence-electron chi connectivity index (χ4n) is 2.03. The van der Waals surface area contributed by atoms with Crippen LogP contribution in [0.5, 0.6) is 11.5 Å². The van der Waals surface area contributed by atoms with E-state index in [1.54, 1.807) is 0 Å². The van der Waals surface area contributed by atoms with Crippen LogP contribution in [-0.4, -0.2) is 11.9 Å².